The molecule has 22 heavy (non-hydrogen) atoms. The molecule has 0 aliphatic heterocycles. The molecule has 0 aliphatic rings. The van der Waals surface area contributed by atoms with Gasteiger partial charge in [0.25, 0.3) is 0 Å². The number of alkyl halides is 12. The predicted molar refractivity (Wildman–Crippen MR) is 36.1 cm³/mol. The summed E-state index contributed by atoms with van der Waals surface area (Å²) in [6, 6.07) is 0. The van der Waals surface area contributed by atoms with Crippen molar-refractivity contribution in [3.05, 3.63) is 0 Å². The van der Waals surface area contributed by atoms with E-state index in [4.69, 9.17) is 0 Å². The van der Waals surface area contributed by atoms with Crippen LogP contribution in [0.15, 0.2) is 0 Å². The summed E-state index contributed by atoms with van der Waals surface area (Å²) in [4.78, 5) is 0. The van der Waals surface area contributed by atoms with Crippen LogP contribution >= 0.6 is 0 Å². The van der Waals surface area contributed by atoms with Crippen LogP contribution in [0.25, 0.3) is 0 Å². The molecule has 16 heteroatoms. The van der Waals surface area contributed by atoms with E-state index in [2.05, 4.69) is 4.74 Å². The Morgan fingerprint density at radius 1 is 0.500 bits per heavy atom. The first-order valence-corrected chi connectivity index (χ1v) is 4.33. The van der Waals surface area contributed by atoms with Gasteiger partial charge >= 0.3 is 38.0 Å². The molecule has 0 bridgehead atoms. The minimum Gasteiger partial charge on any atom is -0.251 e. The van der Waals surface area contributed by atoms with Crippen molar-refractivity contribution >= 4 is 0 Å². The molecule has 0 heterocycles. The number of hydrogen-bond donors (Lipinski definition) is 0. The maximum atomic E-state index is 12.5. The van der Waals surface area contributed by atoms with Crippen LogP contribution in [-0.2, 0) is 18.9 Å². The molecule has 0 radical (unpaired) electrons. The topological polar surface area (TPSA) is 36.9 Å². The largest absolute Gasteiger partial charge is 0.497 e. The van der Waals surface area contributed by atoms with Crippen molar-refractivity contribution in [2.45, 2.75) is 38.0 Å². The van der Waals surface area contributed by atoms with Gasteiger partial charge in [0.15, 0.2) is 0 Å². The zero-order valence-electron chi connectivity index (χ0n) is 9.32. The number of halogens is 12. The van der Waals surface area contributed by atoms with Gasteiger partial charge in [-0.3, -0.25) is 4.74 Å². The molecule has 0 amide bonds. The minimum absolute atomic E-state index is 1.81. The molecular weight excluding hydrogens is 364 g/mol. The van der Waals surface area contributed by atoms with Gasteiger partial charge in [-0.1, -0.05) is 0 Å². The van der Waals surface area contributed by atoms with Gasteiger partial charge in [0, 0.05) is 0 Å². The smallest absolute Gasteiger partial charge is 0.251 e. The summed E-state index contributed by atoms with van der Waals surface area (Å²) < 4.78 is 152. The molecule has 0 saturated carbocycles. The lowest BCUT2D eigenvalue weighted by Gasteiger charge is -2.29. The van der Waals surface area contributed by atoms with E-state index in [1.165, 1.54) is 0 Å². The Kier molecular flexibility index (Phi) is 6.33. The highest BCUT2D eigenvalue weighted by molar-refractivity contribution is 4.67. The van der Waals surface area contributed by atoms with E-state index in [0.29, 0.717) is 0 Å². The zero-order chi connectivity index (χ0) is 18.0. The molecule has 0 atom stereocenters. The Bertz CT molecular complexity index is 358. The number of ether oxygens (including phenoxy) is 4. The third-order valence-corrected chi connectivity index (χ3v) is 1.29. The Hall–Kier alpha value is -1.00. The van der Waals surface area contributed by atoms with E-state index < -0.39 is 38.0 Å². The van der Waals surface area contributed by atoms with Gasteiger partial charge in [0.05, 0.1) is 0 Å². The van der Waals surface area contributed by atoms with Gasteiger partial charge < -0.3 is 0 Å². The molecule has 0 fully saturated rings. The van der Waals surface area contributed by atoms with Gasteiger partial charge in [-0.2, -0.15) is 35.1 Å². The maximum Gasteiger partial charge on any atom is 0.497 e. The lowest BCUT2D eigenvalue weighted by molar-refractivity contribution is -0.588. The first kappa shape index (κ1) is 21.0. The highest BCUT2D eigenvalue weighted by Crippen LogP contribution is 2.43. The first-order chi connectivity index (χ1) is 9.50. The molecule has 0 N–H and O–H groups in total. The molecule has 0 rings (SSSR count). The molecule has 4 nitrogen and oxygen atoms in total. The Balaban J connectivity index is 5.02. The second-order valence-electron chi connectivity index (χ2n) is 2.92. The molecule has 134 valence electrons. The number of hydrogen-bond acceptors (Lipinski definition) is 4. The molecule has 0 aliphatic carbocycles. The lowest BCUT2D eigenvalue weighted by atomic mass is 10.6. The monoisotopic (exact) mass is 366 g/mol. The SMILES string of the molecule is FC(F)OC(F)(F)OC(F)(F)OC(F)(F)C(F)(F)OC(F)F. The fourth-order valence-corrected chi connectivity index (χ4v) is 0.676. The average molecular weight is 366 g/mol. The number of rotatable bonds is 9. The van der Waals surface area contributed by atoms with Crippen molar-refractivity contribution in [3.63, 3.8) is 0 Å². The highest BCUT2D eigenvalue weighted by atomic mass is 19.3. The normalized spacial score (nSPS) is 15.0. The molecule has 0 aromatic rings. The van der Waals surface area contributed by atoms with E-state index >= 15 is 0 Å². The van der Waals surface area contributed by atoms with Crippen LogP contribution in [-0.4, -0.2) is 38.0 Å². The van der Waals surface area contributed by atoms with Crippen molar-refractivity contribution in [1.29, 1.82) is 0 Å². The Morgan fingerprint density at radius 3 is 1.27 bits per heavy atom. The first-order valence-electron chi connectivity index (χ1n) is 4.33. The summed E-state index contributed by atoms with van der Waals surface area (Å²) in [5.74, 6) is 0. The summed E-state index contributed by atoms with van der Waals surface area (Å²) in [6.45, 7) is -9.03. The summed E-state index contributed by atoms with van der Waals surface area (Å²) in [6.07, 6.45) is -25.3. The second-order valence-corrected chi connectivity index (χ2v) is 2.92. The van der Waals surface area contributed by atoms with E-state index in [-0.39, 0.29) is 0 Å². The van der Waals surface area contributed by atoms with Crippen LogP contribution in [0.5, 0.6) is 0 Å². The van der Waals surface area contributed by atoms with E-state index in [0.717, 1.165) is 0 Å². The molecule has 0 unspecified atom stereocenters. The third-order valence-electron chi connectivity index (χ3n) is 1.29. The minimum atomic E-state index is -6.62. The van der Waals surface area contributed by atoms with Crippen molar-refractivity contribution in [2.75, 3.05) is 0 Å². The van der Waals surface area contributed by atoms with Gasteiger partial charge in [0.1, 0.15) is 0 Å². The lowest BCUT2D eigenvalue weighted by Crippen LogP contribution is -2.51. The molecule has 0 aromatic carbocycles. The van der Waals surface area contributed by atoms with Crippen LogP contribution in [0.3, 0.4) is 0 Å². The Morgan fingerprint density at radius 2 is 0.909 bits per heavy atom. The predicted octanol–water partition coefficient (Wildman–Crippen LogP) is 3.78. The third kappa shape index (κ3) is 6.84. The van der Waals surface area contributed by atoms with Gasteiger partial charge in [-0.05, 0) is 0 Å². The van der Waals surface area contributed by atoms with Gasteiger partial charge in [-0.25, -0.2) is 14.2 Å². The van der Waals surface area contributed by atoms with Crippen LogP contribution in [0.1, 0.15) is 0 Å². The van der Waals surface area contributed by atoms with Gasteiger partial charge in [0.2, 0.25) is 0 Å². The summed E-state index contributed by atoms with van der Waals surface area (Å²) in [5.41, 5.74) is 0. The maximum absolute atomic E-state index is 12.5. The van der Waals surface area contributed by atoms with Crippen molar-refractivity contribution in [1.82, 2.24) is 0 Å². The fourth-order valence-electron chi connectivity index (χ4n) is 0.676. The molecule has 0 saturated heterocycles. The van der Waals surface area contributed by atoms with E-state index in [1.807, 2.05) is 9.47 Å². The van der Waals surface area contributed by atoms with E-state index in [9.17, 15) is 52.7 Å². The average Bonchev–Trinajstić information content (AvgIpc) is 2.06. The summed E-state index contributed by atoms with van der Waals surface area (Å²) >= 11 is 0. The molecule has 0 spiro atoms. The quantitative estimate of drug-likeness (QED) is 0.460. The van der Waals surface area contributed by atoms with Crippen molar-refractivity contribution in [2.24, 2.45) is 0 Å². The van der Waals surface area contributed by atoms with Gasteiger partial charge in [-0.15, -0.1) is 17.6 Å². The molecular formula is C6H2F12O4. The molecule has 0 aromatic heterocycles. The Labute approximate surface area is 111 Å². The standard InChI is InChI=1S/C6H2F12O4/c7-1(8)19-3(11,12)4(13,14)21-6(17,18)22-5(15,16)20-2(9)10/h1-2H. The highest BCUT2D eigenvalue weighted by Gasteiger charge is 2.67. The van der Waals surface area contributed by atoms with Crippen LogP contribution in [0, 0.1) is 0 Å². The van der Waals surface area contributed by atoms with Crippen LogP contribution < -0.4 is 0 Å². The van der Waals surface area contributed by atoms with Crippen molar-refractivity contribution in [3.8, 4) is 0 Å². The summed E-state index contributed by atoms with van der Waals surface area (Å²) in [7, 11) is 0. The van der Waals surface area contributed by atoms with E-state index in [1.54, 1.807) is 4.74 Å². The summed E-state index contributed by atoms with van der Waals surface area (Å²) in [5, 5.41) is 0. The fraction of sp³-hybridized carbons (Fsp3) is 1.00. The van der Waals surface area contributed by atoms with Crippen molar-refractivity contribution < 1.29 is 71.6 Å². The van der Waals surface area contributed by atoms with Crippen LogP contribution in [0.4, 0.5) is 52.7 Å². The van der Waals surface area contributed by atoms with Crippen LogP contribution in [0.2, 0.25) is 0 Å². The second kappa shape index (κ2) is 6.63. The zero-order valence-corrected chi connectivity index (χ0v) is 9.32.